The summed E-state index contributed by atoms with van der Waals surface area (Å²) in [6.45, 7) is 0. The molecule has 1 aromatic heterocycles. The Morgan fingerprint density at radius 2 is 2.22 bits per heavy atom. The summed E-state index contributed by atoms with van der Waals surface area (Å²) >= 11 is 5.09. The molecule has 0 unspecified atom stereocenters. The van der Waals surface area contributed by atoms with Crippen LogP contribution in [0.15, 0.2) is 27.8 Å². The topological polar surface area (TPSA) is 69.6 Å². The van der Waals surface area contributed by atoms with E-state index in [4.69, 9.17) is 5.73 Å². The number of aromatic nitrogens is 4. The first-order valence-electron chi connectivity index (χ1n) is 5.68. The Morgan fingerprint density at radius 1 is 1.39 bits per heavy atom. The van der Waals surface area contributed by atoms with Gasteiger partial charge in [0.05, 0.1) is 6.04 Å². The van der Waals surface area contributed by atoms with Gasteiger partial charge in [0.1, 0.15) is 0 Å². The van der Waals surface area contributed by atoms with E-state index < -0.39 is 0 Å². The molecule has 3 rings (SSSR count). The van der Waals surface area contributed by atoms with Gasteiger partial charge in [-0.15, -0.1) is 5.10 Å². The van der Waals surface area contributed by atoms with Crippen LogP contribution in [0.2, 0.25) is 0 Å². The maximum atomic E-state index is 5.81. The van der Waals surface area contributed by atoms with Crippen LogP contribution in [0.3, 0.4) is 0 Å². The largest absolute Gasteiger partial charge is 0.399 e. The van der Waals surface area contributed by atoms with Crippen molar-refractivity contribution < 1.29 is 0 Å². The first-order chi connectivity index (χ1) is 8.72. The summed E-state index contributed by atoms with van der Waals surface area (Å²) in [4.78, 5) is 0. The lowest BCUT2D eigenvalue weighted by molar-refractivity contribution is 0.565. The number of nitrogens with two attached hydrogens (primary N) is 1. The SMILES string of the molecule is Nc1cc(Br)cc(CSc2nnnn2C2CC2)c1. The summed E-state index contributed by atoms with van der Waals surface area (Å²) in [7, 11) is 0. The van der Waals surface area contributed by atoms with Crippen LogP contribution in [-0.2, 0) is 5.75 Å². The van der Waals surface area contributed by atoms with Gasteiger partial charge in [-0.3, -0.25) is 0 Å². The van der Waals surface area contributed by atoms with Crippen molar-refractivity contribution in [2.75, 3.05) is 5.73 Å². The van der Waals surface area contributed by atoms with Gasteiger partial charge in [0.25, 0.3) is 0 Å². The van der Waals surface area contributed by atoms with Gasteiger partial charge < -0.3 is 5.73 Å². The maximum absolute atomic E-state index is 5.81. The quantitative estimate of drug-likeness (QED) is 0.691. The van der Waals surface area contributed by atoms with Gasteiger partial charge in [0.2, 0.25) is 5.16 Å². The Labute approximate surface area is 117 Å². The summed E-state index contributed by atoms with van der Waals surface area (Å²) in [5, 5.41) is 12.7. The third-order valence-corrected chi connectivity index (χ3v) is 4.17. The van der Waals surface area contributed by atoms with Crippen LogP contribution < -0.4 is 5.73 Å². The Bertz CT molecular complexity index is 546. The molecule has 1 fully saturated rings. The molecule has 0 bridgehead atoms. The van der Waals surface area contributed by atoms with Crippen molar-refractivity contribution in [3.8, 4) is 0 Å². The molecular weight excluding hydrogens is 314 g/mol. The first-order valence-corrected chi connectivity index (χ1v) is 7.46. The molecular formula is C11H12BrN5S. The first kappa shape index (κ1) is 12.0. The Balaban J connectivity index is 1.71. The lowest BCUT2D eigenvalue weighted by Gasteiger charge is -2.04. The lowest BCUT2D eigenvalue weighted by atomic mass is 10.2. The molecule has 0 radical (unpaired) electrons. The average Bonchev–Trinajstić information content (AvgIpc) is 3.05. The predicted octanol–water partition coefficient (Wildman–Crippen LogP) is 2.65. The van der Waals surface area contributed by atoms with Gasteiger partial charge >= 0.3 is 0 Å². The van der Waals surface area contributed by atoms with E-state index in [1.807, 2.05) is 16.8 Å². The van der Waals surface area contributed by atoms with E-state index in [2.05, 4.69) is 37.5 Å². The lowest BCUT2D eigenvalue weighted by Crippen LogP contribution is -1.99. The molecule has 1 saturated carbocycles. The van der Waals surface area contributed by atoms with E-state index in [1.165, 1.54) is 12.8 Å². The maximum Gasteiger partial charge on any atom is 0.209 e. The van der Waals surface area contributed by atoms with Crippen LogP contribution in [0.1, 0.15) is 24.4 Å². The Morgan fingerprint density at radius 3 is 2.94 bits per heavy atom. The van der Waals surface area contributed by atoms with Crippen molar-refractivity contribution in [2.24, 2.45) is 0 Å². The molecule has 1 aromatic carbocycles. The number of nitrogens with zero attached hydrogens (tertiary/aromatic N) is 4. The normalized spacial score (nSPS) is 14.9. The van der Waals surface area contributed by atoms with Gasteiger partial charge in [0, 0.05) is 15.9 Å². The van der Waals surface area contributed by atoms with Gasteiger partial charge in [-0.25, -0.2) is 4.68 Å². The number of anilines is 1. The van der Waals surface area contributed by atoms with Crippen molar-refractivity contribution in [1.29, 1.82) is 0 Å². The minimum Gasteiger partial charge on any atom is -0.399 e. The van der Waals surface area contributed by atoms with Gasteiger partial charge in [-0.1, -0.05) is 27.7 Å². The number of halogens is 1. The molecule has 1 aliphatic rings. The van der Waals surface area contributed by atoms with Crippen molar-refractivity contribution in [3.63, 3.8) is 0 Å². The van der Waals surface area contributed by atoms with Crippen LogP contribution in [0, 0.1) is 0 Å². The van der Waals surface area contributed by atoms with Crippen molar-refractivity contribution in [2.45, 2.75) is 29.8 Å². The van der Waals surface area contributed by atoms with Crippen LogP contribution in [0.4, 0.5) is 5.69 Å². The molecule has 2 N–H and O–H groups in total. The minimum atomic E-state index is 0.509. The fraction of sp³-hybridized carbons (Fsp3) is 0.364. The molecule has 7 heteroatoms. The second-order valence-corrected chi connectivity index (χ2v) is 6.18. The van der Waals surface area contributed by atoms with Gasteiger partial charge in [0.15, 0.2) is 0 Å². The molecule has 18 heavy (non-hydrogen) atoms. The van der Waals surface area contributed by atoms with Crippen LogP contribution in [0.25, 0.3) is 0 Å². The van der Waals surface area contributed by atoms with E-state index in [9.17, 15) is 0 Å². The Hall–Kier alpha value is -1.08. The van der Waals surface area contributed by atoms with Crippen LogP contribution in [-0.4, -0.2) is 20.2 Å². The molecule has 5 nitrogen and oxygen atoms in total. The van der Waals surface area contributed by atoms with E-state index in [1.54, 1.807) is 11.8 Å². The van der Waals surface area contributed by atoms with Crippen molar-refractivity contribution in [3.05, 3.63) is 28.2 Å². The molecule has 1 aliphatic carbocycles. The Kier molecular flexibility index (Phi) is 3.25. The molecule has 0 spiro atoms. The summed E-state index contributed by atoms with van der Waals surface area (Å²) in [5.74, 6) is 0.816. The van der Waals surface area contributed by atoms with E-state index in [0.29, 0.717) is 6.04 Å². The molecule has 0 aliphatic heterocycles. The summed E-state index contributed by atoms with van der Waals surface area (Å²) in [5.41, 5.74) is 7.74. The van der Waals surface area contributed by atoms with Crippen LogP contribution >= 0.6 is 27.7 Å². The van der Waals surface area contributed by atoms with Crippen molar-refractivity contribution >= 4 is 33.4 Å². The number of hydrogen-bond acceptors (Lipinski definition) is 5. The fourth-order valence-electron chi connectivity index (χ4n) is 1.74. The number of nitrogen functional groups attached to an aromatic ring is 1. The van der Waals surface area contributed by atoms with E-state index in [-0.39, 0.29) is 0 Å². The zero-order chi connectivity index (χ0) is 12.5. The zero-order valence-electron chi connectivity index (χ0n) is 9.58. The van der Waals surface area contributed by atoms with E-state index >= 15 is 0 Å². The summed E-state index contributed by atoms with van der Waals surface area (Å²) in [6.07, 6.45) is 2.37. The highest BCUT2D eigenvalue weighted by Crippen LogP contribution is 2.37. The van der Waals surface area contributed by atoms with Crippen molar-refractivity contribution in [1.82, 2.24) is 20.2 Å². The average molecular weight is 326 g/mol. The van der Waals surface area contributed by atoms with Crippen LogP contribution in [0.5, 0.6) is 0 Å². The summed E-state index contributed by atoms with van der Waals surface area (Å²) in [6, 6.07) is 6.44. The third-order valence-electron chi connectivity index (χ3n) is 2.70. The predicted molar refractivity (Wildman–Crippen MR) is 74.2 cm³/mol. The fourth-order valence-corrected chi connectivity index (χ4v) is 3.17. The minimum absolute atomic E-state index is 0.509. The standard InChI is InChI=1S/C11H12BrN5S/c12-8-3-7(4-9(13)5-8)6-18-11-14-15-16-17(11)10-1-2-10/h3-5,10H,1-2,6,13H2. The van der Waals surface area contributed by atoms with Gasteiger partial charge in [-0.2, -0.15) is 0 Å². The van der Waals surface area contributed by atoms with E-state index in [0.717, 1.165) is 26.6 Å². The number of thioether (sulfide) groups is 1. The highest BCUT2D eigenvalue weighted by atomic mass is 79.9. The molecule has 0 amide bonds. The molecule has 94 valence electrons. The van der Waals surface area contributed by atoms with Gasteiger partial charge in [-0.05, 0) is 47.0 Å². The molecule has 2 aromatic rings. The highest BCUT2D eigenvalue weighted by Gasteiger charge is 2.27. The molecule has 1 heterocycles. The zero-order valence-corrected chi connectivity index (χ0v) is 12.0. The second-order valence-electron chi connectivity index (χ2n) is 4.32. The molecule has 0 saturated heterocycles. The smallest absolute Gasteiger partial charge is 0.209 e. The third kappa shape index (κ3) is 2.67. The second kappa shape index (κ2) is 4.89. The summed E-state index contributed by atoms with van der Waals surface area (Å²) < 4.78 is 2.92. The number of tetrazole rings is 1. The number of hydrogen-bond donors (Lipinski definition) is 1. The monoisotopic (exact) mass is 325 g/mol. The highest BCUT2D eigenvalue weighted by molar-refractivity contribution is 9.10. The molecule has 0 atom stereocenters. The number of benzene rings is 1. The number of rotatable bonds is 4.